The lowest BCUT2D eigenvalue weighted by Gasteiger charge is -2.13. The molecule has 1 aliphatic heterocycles. The van der Waals surface area contributed by atoms with Gasteiger partial charge in [-0.3, -0.25) is 19.3 Å². The molecule has 0 spiro atoms. The van der Waals surface area contributed by atoms with Gasteiger partial charge in [0.1, 0.15) is 18.1 Å². The Morgan fingerprint density at radius 2 is 1.66 bits per heavy atom. The molecule has 3 aromatic rings. The Balaban J connectivity index is 1.26. The molecule has 2 heterocycles. The van der Waals surface area contributed by atoms with Crippen molar-refractivity contribution >= 4 is 29.2 Å². The second-order valence-corrected chi connectivity index (χ2v) is 7.25. The van der Waals surface area contributed by atoms with Gasteiger partial charge in [-0.1, -0.05) is 24.3 Å². The summed E-state index contributed by atoms with van der Waals surface area (Å²) in [6.07, 6.45) is 2.35. The molecule has 32 heavy (non-hydrogen) atoms. The van der Waals surface area contributed by atoms with Gasteiger partial charge in [-0.05, 0) is 48.4 Å². The fraction of sp³-hybridized carbons (Fsp3) is 0.167. The fourth-order valence-electron chi connectivity index (χ4n) is 3.43. The first-order chi connectivity index (χ1) is 15.5. The van der Waals surface area contributed by atoms with E-state index in [1.54, 1.807) is 43.5 Å². The molecule has 0 saturated heterocycles. The zero-order chi connectivity index (χ0) is 22.5. The molecule has 8 nitrogen and oxygen atoms in total. The molecule has 2 aromatic carbocycles. The van der Waals surface area contributed by atoms with E-state index in [1.165, 1.54) is 11.8 Å². The topological polar surface area (TPSA) is 101 Å². The quantitative estimate of drug-likeness (QED) is 0.533. The Hall–Kier alpha value is -4.20. The fourth-order valence-corrected chi connectivity index (χ4v) is 3.43. The third kappa shape index (κ3) is 4.59. The molecule has 0 fully saturated rings. The van der Waals surface area contributed by atoms with Gasteiger partial charge in [-0.25, -0.2) is 4.98 Å². The van der Waals surface area contributed by atoms with E-state index in [0.29, 0.717) is 29.2 Å². The third-order valence-electron chi connectivity index (χ3n) is 5.11. The molecule has 0 unspecified atom stereocenters. The Labute approximate surface area is 185 Å². The van der Waals surface area contributed by atoms with Gasteiger partial charge in [-0.2, -0.15) is 0 Å². The zero-order valence-corrected chi connectivity index (χ0v) is 17.5. The predicted octanol–water partition coefficient (Wildman–Crippen LogP) is 2.98. The lowest BCUT2D eigenvalue weighted by molar-refractivity contribution is -0.116. The molecular formula is C24H22N4O4. The number of imide groups is 1. The number of hydrogen-bond donors (Lipinski definition) is 2. The number of carbonyl (C=O) groups excluding carboxylic acids is 3. The lowest BCUT2D eigenvalue weighted by atomic mass is 10.1. The summed E-state index contributed by atoms with van der Waals surface area (Å²) in [7, 11) is 1.64. The third-order valence-corrected chi connectivity index (χ3v) is 5.11. The summed E-state index contributed by atoms with van der Waals surface area (Å²) >= 11 is 0. The number of pyridine rings is 1. The number of anilines is 2. The molecular weight excluding hydrogens is 408 g/mol. The summed E-state index contributed by atoms with van der Waals surface area (Å²) < 4.78 is 5.15. The van der Waals surface area contributed by atoms with Gasteiger partial charge in [0.2, 0.25) is 5.91 Å². The minimum absolute atomic E-state index is 0.317. The maximum Gasteiger partial charge on any atom is 0.262 e. The van der Waals surface area contributed by atoms with E-state index in [9.17, 15) is 14.4 Å². The lowest BCUT2D eigenvalue weighted by Crippen LogP contribution is -2.37. The second kappa shape index (κ2) is 9.30. The minimum Gasteiger partial charge on any atom is -0.497 e. The summed E-state index contributed by atoms with van der Waals surface area (Å²) in [6, 6.07) is 17.9. The number of nitrogens with one attached hydrogen (secondary N) is 2. The van der Waals surface area contributed by atoms with Crippen LogP contribution in [0.3, 0.4) is 0 Å². The summed E-state index contributed by atoms with van der Waals surface area (Å²) in [5.74, 6) is 0.105. The standard InChI is InChI=1S/C24H22N4O4/c1-32-18-9-6-16(7-10-18)12-13-25-21-11-8-17(14-26-21)27-22(29)15-28-23(30)19-4-2-3-5-20(19)24(28)31/h2-11,14H,12-13,15H2,1H3,(H,25,26)(H,27,29). The van der Waals surface area contributed by atoms with Crippen LogP contribution in [-0.2, 0) is 11.2 Å². The van der Waals surface area contributed by atoms with E-state index < -0.39 is 17.7 Å². The van der Waals surface area contributed by atoms with Crippen molar-refractivity contribution in [3.8, 4) is 5.75 Å². The molecule has 0 radical (unpaired) electrons. The first-order valence-electron chi connectivity index (χ1n) is 10.1. The molecule has 1 aliphatic rings. The van der Waals surface area contributed by atoms with Gasteiger partial charge < -0.3 is 15.4 Å². The van der Waals surface area contributed by atoms with Gasteiger partial charge in [0.15, 0.2) is 0 Å². The molecule has 0 atom stereocenters. The Bertz CT molecular complexity index is 1110. The van der Waals surface area contributed by atoms with Gasteiger partial charge in [0.05, 0.1) is 30.1 Å². The highest BCUT2D eigenvalue weighted by Crippen LogP contribution is 2.22. The van der Waals surface area contributed by atoms with Crippen LogP contribution in [0.5, 0.6) is 5.75 Å². The largest absolute Gasteiger partial charge is 0.497 e. The van der Waals surface area contributed by atoms with Crippen molar-refractivity contribution in [2.24, 2.45) is 0 Å². The maximum absolute atomic E-state index is 12.4. The Morgan fingerprint density at radius 3 is 2.25 bits per heavy atom. The Morgan fingerprint density at radius 1 is 0.969 bits per heavy atom. The van der Waals surface area contributed by atoms with Crippen LogP contribution in [0, 0.1) is 0 Å². The molecule has 0 aliphatic carbocycles. The van der Waals surface area contributed by atoms with Crippen molar-refractivity contribution in [2.75, 3.05) is 30.8 Å². The number of nitrogens with zero attached hydrogens (tertiary/aromatic N) is 2. The van der Waals surface area contributed by atoms with Crippen LogP contribution in [0.4, 0.5) is 11.5 Å². The van der Waals surface area contributed by atoms with Crippen molar-refractivity contribution in [3.63, 3.8) is 0 Å². The summed E-state index contributed by atoms with van der Waals surface area (Å²) in [5.41, 5.74) is 2.29. The summed E-state index contributed by atoms with van der Waals surface area (Å²) in [4.78, 5) is 42.3. The zero-order valence-electron chi connectivity index (χ0n) is 17.5. The Kier molecular flexibility index (Phi) is 6.12. The van der Waals surface area contributed by atoms with Crippen LogP contribution in [0.1, 0.15) is 26.3 Å². The van der Waals surface area contributed by atoms with Crippen LogP contribution in [0.2, 0.25) is 0 Å². The summed E-state index contributed by atoms with van der Waals surface area (Å²) in [6.45, 7) is 0.346. The SMILES string of the molecule is COc1ccc(CCNc2ccc(NC(=O)CN3C(=O)c4ccccc4C3=O)cn2)cc1. The number of carbonyl (C=O) groups is 3. The second-order valence-electron chi connectivity index (χ2n) is 7.25. The summed E-state index contributed by atoms with van der Waals surface area (Å²) in [5, 5.41) is 5.90. The maximum atomic E-state index is 12.4. The van der Waals surface area contributed by atoms with Crippen LogP contribution in [-0.4, -0.2) is 47.8 Å². The number of rotatable bonds is 8. The molecule has 0 saturated carbocycles. The highest BCUT2D eigenvalue weighted by atomic mass is 16.5. The smallest absolute Gasteiger partial charge is 0.262 e. The van der Waals surface area contributed by atoms with Crippen LogP contribution in [0.15, 0.2) is 66.9 Å². The number of amides is 3. The number of fused-ring (bicyclic) bond motifs is 1. The highest BCUT2D eigenvalue weighted by Gasteiger charge is 2.36. The number of aromatic nitrogens is 1. The van der Waals surface area contributed by atoms with Crippen molar-refractivity contribution < 1.29 is 19.1 Å². The molecule has 3 amide bonds. The predicted molar refractivity (Wildman–Crippen MR) is 120 cm³/mol. The van der Waals surface area contributed by atoms with E-state index >= 15 is 0 Å². The van der Waals surface area contributed by atoms with Crippen LogP contribution < -0.4 is 15.4 Å². The first kappa shape index (κ1) is 21.0. The molecule has 162 valence electrons. The molecule has 8 heteroatoms. The number of methoxy groups -OCH3 is 1. The average molecular weight is 430 g/mol. The molecule has 0 bridgehead atoms. The van der Waals surface area contributed by atoms with Crippen molar-refractivity contribution in [1.29, 1.82) is 0 Å². The number of benzene rings is 2. The van der Waals surface area contributed by atoms with Crippen LogP contribution >= 0.6 is 0 Å². The van der Waals surface area contributed by atoms with Gasteiger partial charge in [-0.15, -0.1) is 0 Å². The average Bonchev–Trinajstić information content (AvgIpc) is 3.05. The van der Waals surface area contributed by atoms with E-state index in [2.05, 4.69) is 15.6 Å². The van der Waals surface area contributed by atoms with E-state index in [4.69, 9.17) is 4.74 Å². The number of ether oxygens (including phenoxy) is 1. The molecule has 1 aromatic heterocycles. The van der Waals surface area contributed by atoms with E-state index in [1.807, 2.05) is 24.3 Å². The number of hydrogen-bond acceptors (Lipinski definition) is 6. The van der Waals surface area contributed by atoms with Gasteiger partial charge in [0.25, 0.3) is 11.8 Å². The van der Waals surface area contributed by atoms with Crippen LogP contribution in [0.25, 0.3) is 0 Å². The first-order valence-corrected chi connectivity index (χ1v) is 10.1. The minimum atomic E-state index is -0.471. The normalized spacial score (nSPS) is 12.5. The molecule has 4 rings (SSSR count). The monoisotopic (exact) mass is 430 g/mol. The van der Waals surface area contributed by atoms with Gasteiger partial charge in [0, 0.05) is 6.54 Å². The van der Waals surface area contributed by atoms with E-state index in [0.717, 1.165) is 17.1 Å². The molecule has 2 N–H and O–H groups in total. The highest BCUT2D eigenvalue weighted by molar-refractivity contribution is 6.22. The van der Waals surface area contributed by atoms with Crippen molar-refractivity contribution in [3.05, 3.63) is 83.6 Å². The van der Waals surface area contributed by atoms with Crippen molar-refractivity contribution in [1.82, 2.24) is 9.88 Å². The van der Waals surface area contributed by atoms with Gasteiger partial charge >= 0.3 is 0 Å². The van der Waals surface area contributed by atoms with E-state index in [-0.39, 0.29) is 6.54 Å². The van der Waals surface area contributed by atoms with Crippen molar-refractivity contribution in [2.45, 2.75) is 6.42 Å².